The molecule has 5 nitrogen and oxygen atoms in total. The molecule has 2 aromatic heterocycles. The van der Waals surface area contributed by atoms with E-state index in [1.54, 1.807) is 0 Å². The summed E-state index contributed by atoms with van der Waals surface area (Å²) in [4.78, 5) is 0. The molecule has 0 fully saturated rings. The quantitative estimate of drug-likeness (QED) is 0.845. The molecule has 0 aromatic carbocycles. The maximum Gasteiger partial charge on any atom is 0.0638 e. The summed E-state index contributed by atoms with van der Waals surface area (Å²) in [6.07, 6.45) is 3.96. The van der Waals surface area contributed by atoms with Crippen LogP contribution in [0.1, 0.15) is 30.8 Å². The largest absolute Gasteiger partial charge is 0.307 e. The summed E-state index contributed by atoms with van der Waals surface area (Å²) >= 11 is 0. The zero-order valence-electron chi connectivity index (χ0n) is 11.3. The molecule has 0 aliphatic rings. The van der Waals surface area contributed by atoms with Crippen LogP contribution in [0.15, 0.2) is 18.5 Å². The van der Waals surface area contributed by atoms with Crippen molar-refractivity contribution in [2.75, 3.05) is 0 Å². The molecule has 98 valence electrons. The van der Waals surface area contributed by atoms with E-state index in [2.05, 4.69) is 48.5 Å². The number of nitrogens with zero attached hydrogens (tertiary/aromatic N) is 4. The average molecular weight is 247 g/mol. The van der Waals surface area contributed by atoms with Crippen LogP contribution in [0.2, 0.25) is 0 Å². The Hall–Kier alpha value is -1.62. The standard InChI is InChI=1S/C13H21N5/c1-4-17-10-12(11(3)16-17)8-14-9-13-6-7-15-18(13)5-2/h6-7,10,14H,4-5,8-9H2,1-3H3. The highest BCUT2D eigenvalue weighted by Gasteiger charge is 2.04. The molecule has 0 bridgehead atoms. The van der Waals surface area contributed by atoms with Crippen LogP contribution < -0.4 is 5.32 Å². The van der Waals surface area contributed by atoms with Crippen LogP contribution in [0.5, 0.6) is 0 Å². The number of rotatable bonds is 6. The third-order valence-corrected chi connectivity index (χ3v) is 3.10. The average Bonchev–Trinajstić information content (AvgIpc) is 2.96. The first-order valence-electron chi connectivity index (χ1n) is 6.49. The molecule has 2 aromatic rings. The van der Waals surface area contributed by atoms with Crippen molar-refractivity contribution in [2.24, 2.45) is 0 Å². The first-order valence-corrected chi connectivity index (χ1v) is 6.49. The molecular formula is C13H21N5. The second-order valence-corrected chi connectivity index (χ2v) is 4.34. The maximum absolute atomic E-state index is 4.44. The van der Waals surface area contributed by atoms with Gasteiger partial charge in [-0.2, -0.15) is 10.2 Å². The Morgan fingerprint density at radius 2 is 2.06 bits per heavy atom. The van der Waals surface area contributed by atoms with Gasteiger partial charge in [-0.1, -0.05) is 0 Å². The van der Waals surface area contributed by atoms with Gasteiger partial charge in [0.25, 0.3) is 0 Å². The predicted octanol–water partition coefficient (Wildman–Crippen LogP) is 1.72. The van der Waals surface area contributed by atoms with Crippen molar-refractivity contribution in [1.82, 2.24) is 24.9 Å². The Morgan fingerprint density at radius 1 is 1.22 bits per heavy atom. The number of aryl methyl sites for hydroxylation is 3. The Labute approximate surface area is 108 Å². The topological polar surface area (TPSA) is 47.7 Å². The summed E-state index contributed by atoms with van der Waals surface area (Å²) in [5.74, 6) is 0. The Balaban J connectivity index is 1.90. The fourth-order valence-corrected chi connectivity index (χ4v) is 2.01. The summed E-state index contributed by atoms with van der Waals surface area (Å²) in [5, 5.41) is 12.1. The molecule has 2 rings (SSSR count). The van der Waals surface area contributed by atoms with E-state index >= 15 is 0 Å². The third-order valence-electron chi connectivity index (χ3n) is 3.10. The fourth-order valence-electron chi connectivity index (χ4n) is 2.01. The van der Waals surface area contributed by atoms with Gasteiger partial charge in [-0.25, -0.2) is 0 Å². The first kappa shape index (κ1) is 12.8. The van der Waals surface area contributed by atoms with Gasteiger partial charge >= 0.3 is 0 Å². The summed E-state index contributed by atoms with van der Waals surface area (Å²) < 4.78 is 3.98. The normalized spacial score (nSPS) is 11.1. The highest BCUT2D eigenvalue weighted by molar-refractivity contribution is 5.15. The molecule has 0 saturated carbocycles. The fraction of sp³-hybridized carbons (Fsp3) is 0.538. The van der Waals surface area contributed by atoms with Crippen LogP contribution in [0.25, 0.3) is 0 Å². The summed E-state index contributed by atoms with van der Waals surface area (Å²) in [5.41, 5.74) is 3.59. The van der Waals surface area contributed by atoms with Gasteiger partial charge in [0.2, 0.25) is 0 Å². The van der Waals surface area contributed by atoms with Gasteiger partial charge in [0, 0.05) is 44.1 Å². The monoisotopic (exact) mass is 247 g/mol. The molecule has 2 heterocycles. The molecule has 0 saturated heterocycles. The van der Waals surface area contributed by atoms with Crippen LogP contribution in [0, 0.1) is 6.92 Å². The highest BCUT2D eigenvalue weighted by Crippen LogP contribution is 2.06. The Kier molecular flexibility index (Phi) is 4.15. The molecule has 0 radical (unpaired) electrons. The molecule has 5 heteroatoms. The van der Waals surface area contributed by atoms with Crippen molar-refractivity contribution in [3.05, 3.63) is 35.4 Å². The zero-order valence-corrected chi connectivity index (χ0v) is 11.3. The lowest BCUT2D eigenvalue weighted by molar-refractivity contribution is 0.580. The van der Waals surface area contributed by atoms with Crippen molar-refractivity contribution < 1.29 is 0 Å². The van der Waals surface area contributed by atoms with Crippen LogP contribution in [0.3, 0.4) is 0 Å². The minimum Gasteiger partial charge on any atom is -0.307 e. The van der Waals surface area contributed by atoms with Crippen LogP contribution in [-0.4, -0.2) is 19.6 Å². The van der Waals surface area contributed by atoms with Gasteiger partial charge in [0.15, 0.2) is 0 Å². The number of hydrogen-bond acceptors (Lipinski definition) is 3. The Bertz CT molecular complexity index is 497. The van der Waals surface area contributed by atoms with Crippen molar-refractivity contribution in [1.29, 1.82) is 0 Å². The van der Waals surface area contributed by atoms with E-state index < -0.39 is 0 Å². The molecule has 1 N–H and O–H groups in total. The maximum atomic E-state index is 4.44. The summed E-state index contributed by atoms with van der Waals surface area (Å²) in [7, 11) is 0. The number of hydrogen-bond donors (Lipinski definition) is 1. The summed E-state index contributed by atoms with van der Waals surface area (Å²) in [6, 6.07) is 2.05. The van der Waals surface area contributed by atoms with Crippen molar-refractivity contribution in [3.8, 4) is 0 Å². The molecule has 18 heavy (non-hydrogen) atoms. The molecule has 0 atom stereocenters. The van der Waals surface area contributed by atoms with Gasteiger partial charge in [-0.05, 0) is 26.8 Å². The van der Waals surface area contributed by atoms with Crippen molar-refractivity contribution in [2.45, 2.75) is 47.0 Å². The van der Waals surface area contributed by atoms with Crippen LogP contribution in [-0.2, 0) is 26.2 Å². The minimum atomic E-state index is 0.838. The van der Waals surface area contributed by atoms with E-state index in [4.69, 9.17) is 0 Å². The van der Waals surface area contributed by atoms with Crippen LogP contribution >= 0.6 is 0 Å². The van der Waals surface area contributed by atoms with E-state index in [0.717, 1.165) is 31.9 Å². The van der Waals surface area contributed by atoms with E-state index in [-0.39, 0.29) is 0 Å². The predicted molar refractivity (Wildman–Crippen MR) is 71.1 cm³/mol. The lowest BCUT2D eigenvalue weighted by Gasteiger charge is -2.06. The summed E-state index contributed by atoms with van der Waals surface area (Å²) in [6.45, 7) is 9.78. The second-order valence-electron chi connectivity index (χ2n) is 4.34. The van der Waals surface area contributed by atoms with Gasteiger partial charge in [0.05, 0.1) is 11.4 Å². The first-order chi connectivity index (χ1) is 8.74. The highest BCUT2D eigenvalue weighted by atomic mass is 15.3. The molecule has 0 amide bonds. The lowest BCUT2D eigenvalue weighted by Crippen LogP contribution is -2.16. The van der Waals surface area contributed by atoms with Gasteiger partial charge in [-0.3, -0.25) is 9.36 Å². The molecule has 0 aliphatic carbocycles. The SMILES string of the molecule is CCn1cc(CNCc2ccnn2CC)c(C)n1. The molecule has 0 aliphatic heterocycles. The third kappa shape index (κ3) is 2.79. The van der Waals surface area contributed by atoms with Gasteiger partial charge in [-0.15, -0.1) is 0 Å². The number of nitrogens with one attached hydrogen (secondary N) is 1. The van der Waals surface area contributed by atoms with E-state index in [1.807, 2.05) is 15.6 Å². The zero-order chi connectivity index (χ0) is 13.0. The van der Waals surface area contributed by atoms with E-state index in [0.29, 0.717) is 0 Å². The minimum absolute atomic E-state index is 0.838. The molecule has 0 spiro atoms. The van der Waals surface area contributed by atoms with Crippen molar-refractivity contribution in [3.63, 3.8) is 0 Å². The van der Waals surface area contributed by atoms with E-state index in [1.165, 1.54) is 11.3 Å². The van der Waals surface area contributed by atoms with Gasteiger partial charge in [0.1, 0.15) is 0 Å². The second kappa shape index (κ2) is 5.82. The van der Waals surface area contributed by atoms with Crippen molar-refractivity contribution >= 4 is 0 Å². The molecule has 0 unspecified atom stereocenters. The van der Waals surface area contributed by atoms with Gasteiger partial charge < -0.3 is 5.32 Å². The Morgan fingerprint density at radius 3 is 2.72 bits per heavy atom. The number of aromatic nitrogens is 4. The van der Waals surface area contributed by atoms with Crippen LogP contribution in [0.4, 0.5) is 0 Å². The smallest absolute Gasteiger partial charge is 0.0638 e. The van der Waals surface area contributed by atoms with E-state index in [9.17, 15) is 0 Å². The lowest BCUT2D eigenvalue weighted by atomic mass is 10.2. The molecular weight excluding hydrogens is 226 g/mol.